The largest absolute Gasteiger partial charge is 0.270 e. The van der Waals surface area contributed by atoms with Crippen LogP contribution in [-0.4, -0.2) is 10.3 Å². The molecule has 0 aromatic carbocycles. The van der Waals surface area contributed by atoms with Gasteiger partial charge in [-0.05, 0) is 0 Å². The van der Waals surface area contributed by atoms with Crippen molar-refractivity contribution in [1.29, 1.82) is 0 Å². The molecule has 0 saturated heterocycles. The highest BCUT2D eigenvalue weighted by molar-refractivity contribution is 7.71. The van der Waals surface area contributed by atoms with E-state index < -0.39 is 0 Å². The predicted molar refractivity (Wildman–Crippen MR) is 21.7 cm³/mol. The average molecular weight is 102 g/mol. The number of rotatable bonds is 0. The summed E-state index contributed by atoms with van der Waals surface area (Å²) >= 11 is 4.53. The molecule has 0 fully saturated rings. The molecule has 1 heterocycles. The van der Waals surface area contributed by atoms with Gasteiger partial charge < -0.3 is 0 Å². The van der Waals surface area contributed by atoms with E-state index in [1.165, 1.54) is 6.20 Å². The van der Waals surface area contributed by atoms with E-state index in [0.29, 0.717) is 4.64 Å². The van der Waals surface area contributed by atoms with Gasteiger partial charge in [-0.3, -0.25) is 4.63 Å². The van der Waals surface area contributed by atoms with Crippen molar-refractivity contribution >= 4 is 12.2 Å². The van der Waals surface area contributed by atoms with Crippen LogP contribution >= 0.6 is 12.2 Å². The van der Waals surface area contributed by atoms with Gasteiger partial charge in [-0.2, -0.15) is 5.16 Å². The Kier molecular flexibility index (Phi) is 0.719. The lowest BCUT2D eigenvalue weighted by Gasteiger charge is -1.52. The van der Waals surface area contributed by atoms with E-state index in [9.17, 15) is 0 Å². The first-order valence-corrected chi connectivity index (χ1v) is 1.80. The van der Waals surface area contributed by atoms with E-state index in [4.69, 9.17) is 0 Å². The van der Waals surface area contributed by atoms with Crippen molar-refractivity contribution in [3.05, 3.63) is 10.8 Å². The summed E-state index contributed by atoms with van der Waals surface area (Å²) in [6.45, 7) is 0. The van der Waals surface area contributed by atoms with Crippen molar-refractivity contribution in [3.63, 3.8) is 0 Å². The Labute approximate surface area is 38.9 Å². The highest BCUT2D eigenvalue weighted by Gasteiger charge is 1.70. The lowest BCUT2D eigenvalue weighted by molar-refractivity contribution is 0.305. The second-order valence-electron chi connectivity index (χ2n) is 0.792. The molecule has 0 bridgehead atoms. The van der Waals surface area contributed by atoms with E-state index in [0.717, 1.165) is 0 Å². The Morgan fingerprint density at radius 1 is 2.00 bits per heavy atom. The van der Waals surface area contributed by atoms with Crippen LogP contribution in [0.4, 0.5) is 0 Å². The molecule has 1 rings (SSSR count). The summed E-state index contributed by atoms with van der Waals surface area (Å²) in [5.74, 6) is 0. The van der Waals surface area contributed by atoms with Crippen LogP contribution in [0.15, 0.2) is 10.8 Å². The summed E-state index contributed by atoms with van der Waals surface area (Å²) in [6.07, 6.45) is 1.43. The summed E-state index contributed by atoms with van der Waals surface area (Å²) in [5.41, 5.74) is 0. The molecule has 32 valence electrons. The van der Waals surface area contributed by atoms with Crippen molar-refractivity contribution in [2.75, 3.05) is 0 Å². The molecule has 0 unspecified atom stereocenters. The number of nitrogens with zero attached hydrogens (tertiary/aromatic N) is 1. The maximum Gasteiger partial charge on any atom is 0.158 e. The molecule has 1 aromatic rings. The van der Waals surface area contributed by atoms with Gasteiger partial charge in [0.1, 0.15) is 6.20 Å². The molecule has 1 aromatic heterocycles. The summed E-state index contributed by atoms with van der Waals surface area (Å²) in [4.78, 5) is 0. The first-order chi connectivity index (χ1) is 2.89. The minimum atomic E-state index is 0.523. The zero-order chi connectivity index (χ0) is 4.41. The number of H-pyrrole nitrogens is 1. The number of hydrogen-bond donors (Lipinski definition) is 1. The van der Waals surface area contributed by atoms with Gasteiger partial charge in [-0.25, -0.2) is 0 Å². The lowest BCUT2D eigenvalue weighted by atomic mass is 11.0. The van der Waals surface area contributed by atoms with Crippen molar-refractivity contribution in [2.45, 2.75) is 0 Å². The first-order valence-electron chi connectivity index (χ1n) is 1.39. The zero-order valence-electron chi connectivity index (χ0n) is 2.84. The van der Waals surface area contributed by atoms with Gasteiger partial charge in [-0.1, -0.05) is 17.4 Å². The highest BCUT2D eigenvalue weighted by Crippen LogP contribution is 1.74. The van der Waals surface area contributed by atoms with Gasteiger partial charge in [0.2, 0.25) is 0 Å². The number of aromatic amines is 1. The maximum atomic E-state index is 4.53. The van der Waals surface area contributed by atoms with Crippen LogP contribution in [0.2, 0.25) is 0 Å². The van der Waals surface area contributed by atoms with Crippen LogP contribution in [0.3, 0.4) is 0 Å². The molecule has 3 nitrogen and oxygen atoms in total. The third-order valence-electron chi connectivity index (χ3n) is 0.369. The van der Waals surface area contributed by atoms with Crippen LogP contribution < -0.4 is 0 Å². The Hall–Kier alpha value is -0.640. The van der Waals surface area contributed by atoms with Gasteiger partial charge in [-0.15, -0.1) is 0 Å². The third-order valence-corrected chi connectivity index (χ3v) is 0.558. The lowest BCUT2D eigenvalue weighted by Crippen LogP contribution is -1.47. The van der Waals surface area contributed by atoms with E-state index >= 15 is 0 Å². The van der Waals surface area contributed by atoms with Gasteiger partial charge in [0.25, 0.3) is 0 Å². The van der Waals surface area contributed by atoms with Crippen molar-refractivity contribution in [1.82, 2.24) is 10.3 Å². The second-order valence-corrected chi connectivity index (χ2v) is 1.23. The molecule has 0 aliphatic carbocycles. The molecule has 0 aliphatic rings. The SMILES string of the molecule is S=c1cno[nH]1. The summed E-state index contributed by atoms with van der Waals surface area (Å²) in [7, 11) is 0. The maximum absolute atomic E-state index is 4.53. The van der Waals surface area contributed by atoms with Crippen LogP contribution in [-0.2, 0) is 0 Å². The molecule has 0 amide bonds. The van der Waals surface area contributed by atoms with Crippen LogP contribution in [0.1, 0.15) is 0 Å². The third kappa shape index (κ3) is 0.463. The quantitative estimate of drug-likeness (QED) is 0.491. The van der Waals surface area contributed by atoms with Crippen LogP contribution in [0, 0.1) is 4.64 Å². The van der Waals surface area contributed by atoms with Crippen LogP contribution in [0.25, 0.3) is 0 Å². The molecule has 4 heteroatoms. The number of nitrogens with one attached hydrogen (secondary N) is 1. The summed E-state index contributed by atoms with van der Waals surface area (Å²) < 4.78 is 4.76. The Morgan fingerprint density at radius 2 is 2.83 bits per heavy atom. The Balaban J connectivity index is 3.41. The number of aromatic nitrogens is 2. The zero-order valence-corrected chi connectivity index (χ0v) is 3.66. The molecule has 0 radical (unpaired) electrons. The van der Waals surface area contributed by atoms with Crippen molar-refractivity contribution in [2.24, 2.45) is 0 Å². The molecule has 1 N–H and O–H groups in total. The fourth-order valence-electron chi connectivity index (χ4n) is 0.172. The van der Waals surface area contributed by atoms with Crippen molar-refractivity contribution in [3.8, 4) is 0 Å². The monoisotopic (exact) mass is 102 g/mol. The Bertz CT molecular complexity index is 149. The van der Waals surface area contributed by atoms with Crippen molar-refractivity contribution < 1.29 is 4.63 Å². The summed E-state index contributed by atoms with van der Waals surface area (Å²) in [6, 6.07) is 0. The minimum Gasteiger partial charge on any atom is -0.270 e. The standard InChI is InChI=1S/C2H2N2OS/c6-2-1-3-5-4-2/h1H,(H,4,6). The smallest absolute Gasteiger partial charge is 0.158 e. The molecule has 0 aliphatic heterocycles. The molecule has 0 atom stereocenters. The fraction of sp³-hybridized carbons (Fsp3) is 0. The van der Waals surface area contributed by atoms with Gasteiger partial charge in [0.15, 0.2) is 4.64 Å². The van der Waals surface area contributed by atoms with E-state index in [-0.39, 0.29) is 0 Å². The van der Waals surface area contributed by atoms with Gasteiger partial charge in [0, 0.05) is 0 Å². The molecule has 0 spiro atoms. The molecule has 0 saturated carbocycles. The first kappa shape index (κ1) is 3.55. The fourth-order valence-corrected chi connectivity index (χ4v) is 0.252. The minimum absolute atomic E-state index is 0.523. The van der Waals surface area contributed by atoms with Gasteiger partial charge >= 0.3 is 0 Å². The highest BCUT2D eigenvalue weighted by atomic mass is 32.1. The number of hydrogen-bond acceptors (Lipinski definition) is 3. The molecular formula is C2H2N2OS. The summed E-state index contributed by atoms with van der Waals surface area (Å²) in [5, 5.41) is 5.62. The molecular weight excluding hydrogens is 100 g/mol. The van der Waals surface area contributed by atoms with E-state index in [1.54, 1.807) is 0 Å². The second kappa shape index (κ2) is 1.22. The van der Waals surface area contributed by atoms with E-state index in [2.05, 4.69) is 27.2 Å². The topological polar surface area (TPSA) is 41.8 Å². The van der Waals surface area contributed by atoms with Gasteiger partial charge in [0.05, 0.1) is 0 Å². The molecule has 6 heavy (non-hydrogen) atoms. The van der Waals surface area contributed by atoms with E-state index in [1.807, 2.05) is 0 Å². The average Bonchev–Trinajstić information content (AvgIpc) is 1.86. The van der Waals surface area contributed by atoms with Crippen LogP contribution in [0.5, 0.6) is 0 Å². The Morgan fingerprint density at radius 3 is 3.00 bits per heavy atom. The predicted octanol–water partition coefficient (Wildman–Crippen LogP) is 0.732. The normalized spacial score (nSPS) is 8.67.